The molecule has 3 nitrogen and oxygen atoms in total. The van der Waals surface area contributed by atoms with E-state index in [1.54, 1.807) is 0 Å². The van der Waals surface area contributed by atoms with Gasteiger partial charge in [0.15, 0.2) is 0 Å². The number of benzene rings is 1. The van der Waals surface area contributed by atoms with Crippen LogP contribution in [0.1, 0.15) is 18.1 Å². The van der Waals surface area contributed by atoms with E-state index in [1.807, 2.05) is 0 Å². The van der Waals surface area contributed by atoms with E-state index >= 15 is 0 Å². The molecule has 0 saturated heterocycles. The molecule has 1 atom stereocenters. The zero-order valence-electron chi connectivity index (χ0n) is 9.38. The summed E-state index contributed by atoms with van der Waals surface area (Å²) in [6.07, 6.45) is -4.47. The predicted molar refractivity (Wildman–Crippen MR) is 60.4 cm³/mol. The summed E-state index contributed by atoms with van der Waals surface area (Å²) in [4.78, 5) is 10.5. The van der Waals surface area contributed by atoms with Gasteiger partial charge in [0.2, 0.25) is 0 Å². The molecule has 1 rings (SSSR count). The molecule has 0 amide bonds. The van der Waals surface area contributed by atoms with Crippen molar-refractivity contribution in [3.05, 3.63) is 34.3 Å². The van der Waals surface area contributed by atoms with E-state index in [0.29, 0.717) is 0 Å². The van der Waals surface area contributed by atoms with Gasteiger partial charge in [-0.05, 0) is 30.7 Å². The minimum absolute atomic E-state index is 0.00287. The van der Waals surface area contributed by atoms with Gasteiger partial charge in [0.1, 0.15) is 6.04 Å². The first-order valence-electron chi connectivity index (χ1n) is 5.03. The Labute approximate surface area is 107 Å². The number of halogens is 4. The van der Waals surface area contributed by atoms with E-state index in [0.717, 1.165) is 12.1 Å². The Bertz CT molecular complexity index is 448. The van der Waals surface area contributed by atoms with Crippen LogP contribution in [-0.2, 0) is 17.5 Å². The van der Waals surface area contributed by atoms with Crippen molar-refractivity contribution in [2.24, 2.45) is 0 Å². The first-order chi connectivity index (χ1) is 8.20. The Balaban J connectivity index is 2.84. The molecule has 0 saturated carbocycles. The number of aliphatic carboxylic acids is 1. The molecule has 2 N–H and O–H groups in total. The lowest BCUT2D eigenvalue weighted by Gasteiger charge is -2.12. The summed E-state index contributed by atoms with van der Waals surface area (Å²) < 4.78 is 37.5. The van der Waals surface area contributed by atoms with Crippen LogP contribution in [0.5, 0.6) is 0 Å². The van der Waals surface area contributed by atoms with Crippen molar-refractivity contribution in [1.29, 1.82) is 0 Å². The van der Waals surface area contributed by atoms with E-state index in [1.165, 1.54) is 13.0 Å². The Morgan fingerprint density at radius 3 is 2.56 bits per heavy atom. The Kier molecular flexibility index (Phi) is 4.59. The number of nitrogens with one attached hydrogen (secondary N) is 1. The highest BCUT2D eigenvalue weighted by atomic mass is 35.5. The number of carboxylic acids is 1. The van der Waals surface area contributed by atoms with Crippen LogP contribution in [0.4, 0.5) is 13.2 Å². The van der Waals surface area contributed by atoms with Gasteiger partial charge in [-0.3, -0.25) is 4.79 Å². The average Bonchev–Trinajstić information content (AvgIpc) is 2.23. The van der Waals surface area contributed by atoms with Gasteiger partial charge in [0.05, 0.1) is 5.56 Å². The highest BCUT2D eigenvalue weighted by Crippen LogP contribution is 2.31. The number of hydrogen-bond donors (Lipinski definition) is 2. The molecule has 100 valence electrons. The maximum Gasteiger partial charge on any atom is 0.416 e. The van der Waals surface area contributed by atoms with Crippen molar-refractivity contribution in [2.45, 2.75) is 25.7 Å². The molecule has 1 aromatic carbocycles. The fourth-order valence-corrected chi connectivity index (χ4v) is 1.53. The fourth-order valence-electron chi connectivity index (χ4n) is 1.27. The Hall–Kier alpha value is -1.27. The molecular weight excluding hydrogens is 271 g/mol. The molecule has 0 aliphatic heterocycles. The van der Waals surface area contributed by atoms with Crippen molar-refractivity contribution in [3.8, 4) is 0 Å². The van der Waals surface area contributed by atoms with Crippen LogP contribution in [0.3, 0.4) is 0 Å². The summed E-state index contributed by atoms with van der Waals surface area (Å²) in [5.41, 5.74) is -0.572. The Morgan fingerprint density at radius 2 is 2.06 bits per heavy atom. The molecule has 0 spiro atoms. The summed E-state index contributed by atoms with van der Waals surface area (Å²) >= 11 is 5.59. The van der Waals surface area contributed by atoms with E-state index in [4.69, 9.17) is 16.7 Å². The van der Waals surface area contributed by atoms with E-state index in [-0.39, 0.29) is 17.1 Å². The summed E-state index contributed by atoms with van der Waals surface area (Å²) in [6.45, 7) is 1.40. The van der Waals surface area contributed by atoms with Gasteiger partial charge < -0.3 is 10.4 Å². The minimum atomic E-state index is -4.47. The second-order valence-electron chi connectivity index (χ2n) is 3.79. The number of carboxylic acid groups (broad SMARTS) is 1. The summed E-state index contributed by atoms with van der Waals surface area (Å²) in [6, 6.07) is 2.27. The largest absolute Gasteiger partial charge is 0.480 e. The molecule has 0 aliphatic rings. The molecule has 1 aromatic rings. The first kappa shape index (κ1) is 14.8. The molecule has 0 radical (unpaired) electrons. The second kappa shape index (κ2) is 5.58. The SMILES string of the molecule is CC(NCc1cc(Cl)cc(C(F)(F)F)c1)C(=O)O. The van der Waals surface area contributed by atoms with Crippen molar-refractivity contribution in [3.63, 3.8) is 0 Å². The van der Waals surface area contributed by atoms with Crippen molar-refractivity contribution in [2.75, 3.05) is 0 Å². The lowest BCUT2D eigenvalue weighted by Crippen LogP contribution is -2.33. The van der Waals surface area contributed by atoms with Gasteiger partial charge in [-0.2, -0.15) is 13.2 Å². The van der Waals surface area contributed by atoms with Crippen LogP contribution in [0.25, 0.3) is 0 Å². The molecule has 7 heteroatoms. The molecule has 0 bridgehead atoms. The van der Waals surface area contributed by atoms with Gasteiger partial charge in [0.25, 0.3) is 0 Å². The zero-order valence-corrected chi connectivity index (χ0v) is 10.1. The van der Waals surface area contributed by atoms with Crippen molar-refractivity contribution >= 4 is 17.6 Å². The zero-order chi connectivity index (χ0) is 13.9. The van der Waals surface area contributed by atoms with E-state index < -0.39 is 23.8 Å². The molecule has 0 aliphatic carbocycles. The number of carbonyl (C=O) groups is 1. The topological polar surface area (TPSA) is 49.3 Å². The van der Waals surface area contributed by atoms with Crippen LogP contribution in [-0.4, -0.2) is 17.1 Å². The molecule has 0 heterocycles. The molecule has 0 aromatic heterocycles. The maximum absolute atomic E-state index is 12.5. The third-order valence-electron chi connectivity index (χ3n) is 2.27. The van der Waals surface area contributed by atoms with Gasteiger partial charge in [-0.1, -0.05) is 11.6 Å². The first-order valence-corrected chi connectivity index (χ1v) is 5.41. The Morgan fingerprint density at radius 1 is 1.44 bits per heavy atom. The van der Waals surface area contributed by atoms with Crippen LogP contribution < -0.4 is 5.32 Å². The summed E-state index contributed by atoms with van der Waals surface area (Å²) in [5, 5.41) is 11.2. The average molecular weight is 282 g/mol. The standard InChI is InChI=1S/C11H11ClF3NO2/c1-6(10(17)18)16-5-7-2-8(11(13,14)15)4-9(12)3-7/h2-4,6,16H,5H2,1H3,(H,17,18). The number of rotatable bonds is 4. The van der Waals surface area contributed by atoms with Crippen molar-refractivity contribution in [1.82, 2.24) is 5.32 Å². The predicted octanol–water partition coefficient (Wildman–Crippen LogP) is 2.92. The summed E-state index contributed by atoms with van der Waals surface area (Å²) in [5.74, 6) is -1.08. The van der Waals surface area contributed by atoms with E-state index in [2.05, 4.69) is 5.32 Å². The monoisotopic (exact) mass is 281 g/mol. The smallest absolute Gasteiger partial charge is 0.416 e. The molecule has 0 fully saturated rings. The van der Waals surface area contributed by atoms with Crippen molar-refractivity contribution < 1.29 is 23.1 Å². The van der Waals surface area contributed by atoms with Gasteiger partial charge in [-0.25, -0.2) is 0 Å². The lowest BCUT2D eigenvalue weighted by molar-refractivity contribution is -0.139. The van der Waals surface area contributed by atoms with Crippen LogP contribution in [0.2, 0.25) is 5.02 Å². The maximum atomic E-state index is 12.5. The highest BCUT2D eigenvalue weighted by molar-refractivity contribution is 6.30. The van der Waals surface area contributed by atoms with Gasteiger partial charge >= 0.3 is 12.1 Å². The fraction of sp³-hybridized carbons (Fsp3) is 0.364. The quantitative estimate of drug-likeness (QED) is 0.892. The number of hydrogen-bond acceptors (Lipinski definition) is 2. The normalized spacial score (nSPS) is 13.4. The van der Waals surface area contributed by atoms with Crippen LogP contribution in [0, 0.1) is 0 Å². The van der Waals surface area contributed by atoms with Gasteiger partial charge in [-0.15, -0.1) is 0 Å². The van der Waals surface area contributed by atoms with Crippen LogP contribution in [0.15, 0.2) is 18.2 Å². The highest BCUT2D eigenvalue weighted by Gasteiger charge is 2.31. The summed E-state index contributed by atoms with van der Waals surface area (Å²) in [7, 11) is 0. The second-order valence-corrected chi connectivity index (χ2v) is 4.22. The third kappa shape index (κ3) is 4.19. The van der Waals surface area contributed by atoms with E-state index in [9.17, 15) is 18.0 Å². The molecule has 1 unspecified atom stereocenters. The number of alkyl halides is 3. The minimum Gasteiger partial charge on any atom is -0.480 e. The third-order valence-corrected chi connectivity index (χ3v) is 2.49. The van der Waals surface area contributed by atoms with Crippen LogP contribution >= 0.6 is 11.6 Å². The molecular formula is C11H11ClF3NO2. The lowest BCUT2D eigenvalue weighted by atomic mass is 10.1. The molecule has 18 heavy (non-hydrogen) atoms. The van der Waals surface area contributed by atoms with Gasteiger partial charge in [0, 0.05) is 11.6 Å².